The molecule has 0 aliphatic carbocycles. The summed E-state index contributed by atoms with van der Waals surface area (Å²) in [7, 11) is 1.10. The highest BCUT2D eigenvalue weighted by molar-refractivity contribution is 5.83. The molecule has 1 amide bonds. The van der Waals surface area contributed by atoms with Gasteiger partial charge >= 0.3 is 18.3 Å². The number of carboxylic acid groups (broad SMARTS) is 1. The fourth-order valence-electron chi connectivity index (χ4n) is 0.857. The molecule has 0 aromatic carbocycles. The van der Waals surface area contributed by atoms with E-state index < -0.39 is 43.3 Å². The second-order valence-corrected chi connectivity index (χ2v) is 3.09. The lowest BCUT2D eigenvalue weighted by Gasteiger charge is -2.18. The lowest BCUT2D eigenvalue weighted by molar-refractivity contribution is -0.170. The van der Waals surface area contributed by atoms with Crippen LogP contribution < -0.4 is 5.32 Å². The molecule has 0 fully saturated rings. The average Bonchev–Trinajstić information content (AvgIpc) is 2.22. The van der Waals surface area contributed by atoms with Gasteiger partial charge in [-0.15, -0.1) is 0 Å². The smallest absolute Gasteiger partial charge is 0.383 e. The van der Waals surface area contributed by atoms with Crippen LogP contribution in [0.4, 0.5) is 17.6 Å². The first-order valence-electron chi connectivity index (χ1n) is 4.40. The van der Waals surface area contributed by atoms with Gasteiger partial charge in [0.15, 0.2) is 0 Å². The first-order chi connectivity index (χ1) is 7.71. The van der Waals surface area contributed by atoms with Crippen molar-refractivity contribution < 1.29 is 37.0 Å². The molecule has 0 rings (SSSR count). The Bertz CT molecular complexity index is 285. The van der Waals surface area contributed by atoms with Crippen molar-refractivity contribution in [2.75, 3.05) is 13.7 Å². The minimum Gasteiger partial charge on any atom is -0.481 e. The van der Waals surface area contributed by atoms with Crippen molar-refractivity contribution in [2.45, 2.75) is 24.9 Å². The van der Waals surface area contributed by atoms with Crippen LogP contribution in [-0.4, -0.2) is 49.1 Å². The summed E-state index contributed by atoms with van der Waals surface area (Å²) in [5, 5.41) is 9.87. The Morgan fingerprint density at radius 2 is 1.94 bits per heavy atom. The third kappa shape index (κ3) is 4.98. The average molecular weight is 261 g/mol. The van der Waals surface area contributed by atoms with E-state index in [-0.39, 0.29) is 0 Å². The van der Waals surface area contributed by atoms with Gasteiger partial charge in [0.2, 0.25) is 0 Å². The van der Waals surface area contributed by atoms with Gasteiger partial charge < -0.3 is 15.2 Å². The lowest BCUT2D eigenvalue weighted by Crippen LogP contribution is -2.47. The minimum atomic E-state index is -4.80. The van der Waals surface area contributed by atoms with Crippen LogP contribution in [-0.2, 0) is 14.3 Å². The zero-order valence-corrected chi connectivity index (χ0v) is 8.75. The number of hydrogen-bond donors (Lipinski definition) is 2. The Labute approximate surface area is 93.7 Å². The van der Waals surface area contributed by atoms with Crippen molar-refractivity contribution in [1.82, 2.24) is 5.32 Å². The van der Waals surface area contributed by atoms with Gasteiger partial charge in [0.1, 0.15) is 0 Å². The Balaban J connectivity index is 4.27. The summed E-state index contributed by atoms with van der Waals surface area (Å²) in [5.74, 6) is -8.24. The summed E-state index contributed by atoms with van der Waals surface area (Å²) in [4.78, 5) is 20.9. The van der Waals surface area contributed by atoms with Gasteiger partial charge in [0, 0.05) is 13.7 Å². The van der Waals surface area contributed by atoms with Crippen molar-refractivity contribution in [1.29, 1.82) is 0 Å². The maximum Gasteiger partial charge on any atom is 0.383 e. The number of ether oxygens (including phenoxy) is 1. The predicted molar refractivity (Wildman–Crippen MR) is 47.0 cm³/mol. The van der Waals surface area contributed by atoms with E-state index in [1.54, 1.807) is 0 Å². The van der Waals surface area contributed by atoms with Crippen molar-refractivity contribution >= 4 is 11.9 Å². The quantitative estimate of drug-likeness (QED) is 0.654. The number of methoxy groups -OCH3 is 1. The maximum absolute atomic E-state index is 12.4. The monoisotopic (exact) mass is 261 g/mol. The molecule has 1 atom stereocenters. The number of carboxylic acids is 1. The van der Waals surface area contributed by atoms with Crippen molar-refractivity contribution in [3.8, 4) is 0 Å². The van der Waals surface area contributed by atoms with E-state index in [4.69, 9.17) is 5.11 Å². The summed E-state index contributed by atoms with van der Waals surface area (Å²) in [6, 6.07) is 0. The zero-order chi connectivity index (χ0) is 13.6. The SMILES string of the molecule is COC(CNC(=O)C(F)(F)C(F)F)CC(=O)O. The molecule has 1 unspecified atom stereocenters. The predicted octanol–water partition coefficient (Wildman–Crippen LogP) is 0.493. The molecule has 0 spiro atoms. The van der Waals surface area contributed by atoms with Gasteiger partial charge in [-0.1, -0.05) is 0 Å². The van der Waals surface area contributed by atoms with Crippen LogP contribution >= 0.6 is 0 Å². The molecule has 9 heteroatoms. The number of alkyl halides is 4. The highest BCUT2D eigenvalue weighted by atomic mass is 19.3. The van der Waals surface area contributed by atoms with Crippen LogP contribution in [0.2, 0.25) is 0 Å². The number of aliphatic carboxylic acids is 1. The molecule has 0 aromatic heterocycles. The standard InChI is InChI=1S/C8H11F4NO4/c1-17-4(2-5(14)15)3-13-7(16)8(11,12)6(9)10/h4,6H,2-3H2,1H3,(H,13,16)(H,14,15). The summed E-state index contributed by atoms with van der Waals surface area (Å²) in [6.07, 6.45) is -5.73. The molecule has 0 saturated heterocycles. The van der Waals surface area contributed by atoms with Crippen LogP contribution in [0.25, 0.3) is 0 Å². The highest BCUT2D eigenvalue weighted by Gasteiger charge is 2.48. The van der Waals surface area contributed by atoms with Crippen molar-refractivity contribution in [3.63, 3.8) is 0 Å². The van der Waals surface area contributed by atoms with Crippen LogP contribution in [0.3, 0.4) is 0 Å². The van der Waals surface area contributed by atoms with Crippen molar-refractivity contribution in [2.24, 2.45) is 0 Å². The van der Waals surface area contributed by atoms with E-state index in [1.807, 2.05) is 0 Å². The largest absolute Gasteiger partial charge is 0.481 e. The Morgan fingerprint density at radius 3 is 2.29 bits per heavy atom. The lowest BCUT2D eigenvalue weighted by atomic mass is 10.2. The van der Waals surface area contributed by atoms with E-state index in [0.717, 1.165) is 7.11 Å². The van der Waals surface area contributed by atoms with Gasteiger partial charge in [-0.3, -0.25) is 9.59 Å². The van der Waals surface area contributed by atoms with Gasteiger partial charge in [0.25, 0.3) is 5.91 Å². The molecule has 0 aliphatic heterocycles. The van der Waals surface area contributed by atoms with Crippen LogP contribution in [0.15, 0.2) is 0 Å². The first-order valence-corrected chi connectivity index (χ1v) is 4.40. The third-order valence-electron chi connectivity index (χ3n) is 1.80. The van der Waals surface area contributed by atoms with Crippen LogP contribution in [0, 0.1) is 0 Å². The normalized spacial score (nSPS) is 13.5. The van der Waals surface area contributed by atoms with E-state index >= 15 is 0 Å². The molecule has 0 aromatic rings. The molecular formula is C8H11F4NO4. The molecule has 17 heavy (non-hydrogen) atoms. The second kappa shape index (κ2) is 6.38. The Kier molecular flexibility index (Phi) is 5.86. The molecule has 0 radical (unpaired) electrons. The molecule has 0 saturated carbocycles. The molecule has 100 valence electrons. The maximum atomic E-state index is 12.4. The van der Waals surface area contributed by atoms with Gasteiger partial charge in [-0.2, -0.15) is 8.78 Å². The number of halogens is 4. The number of amides is 1. The molecule has 5 nitrogen and oxygen atoms in total. The fourth-order valence-corrected chi connectivity index (χ4v) is 0.857. The highest BCUT2D eigenvalue weighted by Crippen LogP contribution is 2.22. The Hall–Kier alpha value is -1.38. The van der Waals surface area contributed by atoms with Crippen LogP contribution in [0.1, 0.15) is 6.42 Å². The van der Waals surface area contributed by atoms with Gasteiger partial charge in [-0.25, -0.2) is 8.78 Å². The number of hydrogen-bond acceptors (Lipinski definition) is 3. The van der Waals surface area contributed by atoms with E-state index in [1.165, 1.54) is 5.32 Å². The summed E-state index contributed by atoms with van der Waals surface area (Å²) >= 11 is 0. The van der Waals surface area contributed by atoms with Gasteiger partial charge in [0.05, 0.1) is 12.5 Å². The van der Waals surface area contributed by atoms with E-state index in [9.17, 15) is 27.2 Å². The topological polar surface area (TPSA) is 75.6 Å². The Morgan fingerprint density at radius 1 is 1.41 bits per heavy atom. The molecule has 2 N–H and O–H groups in total. The summed E-state index contributed by atoms with van der Waals surface area (Å²) in [5.41, 5.74) is 0. The first kappa shape index (κ1) is 15.6. The second-order valence-electron chi connectivity index (χ2n) is 3.09. The minimum absolute atomic E-state index is 0.545. The molecule has 0 heterocycles. The van der Waals surface area contributed by atoms with E-state index in [0.29, 0.717) is 0 Å². The number of carbonyl (C=O) groups excluding carboxylic acids is 1. The van der Waals surface area contributed by atoms with Gasteiger partial charge in [-0.05, 0) is 0 Å². The van der Waals surface area contributed by atoms with Crippen molar-refractivity contribution in [3.05, 3.63) is 0 Å². The third-order valence-corrected chi connectivity index (χ3v) is 1.80. The zero-order valence-electron chi connectivity index (χ0n) is 8.75. The fraction of sp³-hybridized carbons (Fsp3) is 0.750. The number of carbonyl (C=O) groups is 2. The molecule has 0 aliphatic rings. The summed E-state index contributed by atoms with van der Waals surface area (Å²) < 4.78 is 52.9. The number of nitrogens with one attached hydrogen (secondary N) is 1. The van der Waals surface area contributed by atoms with Crippen LogP contribution in [0.5, 0.6) is 0 Å². The van der Waals surface area contributed by atoms with E-state index in [2.05, 4.69) is 4.74 Å². The summed E-state index contributed by atoms with van der Waals surface area (Å²) in [6.45, 7) is -0.593. The number of rotatable bonds is 7. The molecular weight excluding hydrogens is 250 g/mol. The molecule has 0 bridgehead atoms.